The summed E-state index contributed by atoms with van der Waals surface area (Å²) in [6, 6.07) is 11.2. The molecule has 0 atom stereocenters. The van der Waals surface area contributed by atoms with Crippen LogP contribution in [0.4, 0.5) is 27.9 Å². The maximum absolute atomic E-state index is 5.02. The van der Waals surface area contributed by atoms with E-state index in [-0.39, 0.29) is 0 Å². The summed E-state index contributed by atoms with van der Waals surface area (Å²) in [4.78, 5) is 3.91. The van der Waals surface area contributed by atoms with Crippen molar-refractivity contribution in [3.05, 3.63) is 52.5 Å². The molecule has 0 spiro atoms. The van der Waals surface area contributed by atoms with Crippen LogP contribution in [0.3, 0.4) is 0 Å². The van der Waals surface area contributed by atoms with Crippen LogP contribution in [0.1, 0.15) is 16.1 Å². The predicted octanol–water partition coefficient (Wildman–Crippen LogP) is 6.46. The second-order valence-electron chi connectivity index (χ2n) is 5.91. The molecule has 0 aliphatic rings. The molecule has 0 bridgehead atoms. The first-order valence-corrected chi connectivity index (χ1v) is 9.23. The fourth-order valence-electron chi connectivity index (χ4n) is 2.34. The summed E-state index contributed by atoms with van der Waals surface area (Å²) in [5, 5.41) is 26.2. The molecule has 0 radical (unpaired) electrons. The van der Waals surface area contributed by atoms with Crippen LogP contribution < -0.4 is 0 Å². The fraction of sp³-hybridized carbons (Fsp3) is 0.211. The molecule has 0 aliphatic carbocycles. The van der Waals surface area contributed by atoms with E-state index in [1.54, 1.807) is 7.11 Å². The van der Waals surface area contributed by atoms with E-state index in [9.17, 15) is 0 Å². The number of ether oxygens (including phenoxy) is 1. The summed E-state index contributed by atoms with van der Waals surface area (Å²) in [6.07, 6.45) is 0. The Kier molecular flexibility index (Phi) is 6.41. The van der Waals surface area contributed by atoms with Crippen molar-refractivity contribution in [2.24, 2.45) is 25.4 Å². The van der Waals surface area contributed by atoms with Crippen LogP contribution in [0.15, 0.2) is 61.8 Å². The minimum atomic E-state index is 0.415. The normalized spacial score (nSPS) is 11.5. The van der Waals surface area contributed by atoms with Gasteiger partial charge in [-0.05, 0) is 68.1 Å². The zero-order valence-corrected chi connectivity index (χ0v) is 16.6. The molecule has 0 amide bonds. The van der Waals surface area contributed by atoms with Crippen LogP contribution in [-0.4, -0.2) is 24.0 Å². The van der Waals surface area contributed by atoms with Crippen molar-refractivity contribution < 1.29 is 4.74 Å². The van der Waals surface area contributed by atoms with Gasteiger partial charge in [-0.1, -0.05) is 11.3 Å². The second kappa shape index (κ2) is 9.16. The van der Waals surface area contributed by atoms with Gasteiger partial charge in [0.1, 0.15) is 11.6 Å². The van der Waals surface area contributed by atoms with E-state index in [4.69, 9.17) is 4.74 Å². The van der Waals surface area contributed by atoms with Crippen LogP contribution in [-0.2, 0) is 11.3 Å². The molecule has 0 aliphatic heterocycles. The van der Waals surface area contributed by atoms with E-state index in [0.29, 0.717) is 11.7 Å². The van der Waals surface area contributed by atoms with Gasteiger partial charge in [0.2, 0.25) is 0 Å². The number of hydrogen-bond donors (Lipinski definition) is 0. The molecule has 0 N–H and O–H groups in total. The first-order chi connectivity index (χ1) is 13.6. The Balaban J connectivity index is 1.72. The van der Waals surface area contributed by atoms with Crippen molar-refractivity contribution in [2.75, 3.05) is 7.11 Å². The lowest BCUT2D eigenvalue weighted by Crippen LogP contribution is -1.84. The highest BCUT2D eigenvalue weighted by atomic mass is 32.1. The Morgan fingerprint density at radius 3 is 2.18 bits per heavy atom. The molecule has 3 aromatic rings. The SMILES string of the molecule is C=Nc1ccc(N=Nc2ccc(N=Nc3nnc(COC)s3)c(C)c2)c(C)c1. The number of aryl methyl sites for hydroxylation is 2. The van der Waals surface area contributed by atoms with E-state index in [0.717, 1.165) is 38.9 Å². The van der Waals surface area contributed by atoms with Gasteiger partial charge in [-0.3, -0.25) is 4.99 Å². The van der Waals surface area contributed by atoms with Gasteiger partial charge in [0.15, 0.2) is 0 Å². The summed E-state index contributed by atoms with van der Waals surface area (Å²) in [7, 11) is 1.61. The van der Waals surface area contributed by atoms with Crippen LogP contribution in [0, 0.1) is 13.8 Å². The Morgan fingerprint density at radius 2 is 1.54 bits per heavy atom. The molecule has 2 aromatic carbocycles. The number of methoxy groups -OCH3 is 1. The predicted molar refractivity (Wildman–Crippen MR) is 111 cm³/mol. The largest absolute Gasteiger partial charge is 0.377 e. The lowest BCUT2D eigenvalue weighted by Gasteiger charge is -2.01. The molecule has 0 saturated heterocycles. The topological polar surface area (TPSA) is 96.8 Å². The Labute approximate surface area is 166 Å². The van der Waals surface area contributed by atoms with Gasteiger partial charge in [0.05, 0.1) is 22.7 Å². The molecule has 142 valence electrons. The number of aromatic nitrogens is 2. The minimum absolute atomic E-state index is 0.415. The van der Waals surface area contributed by atoms with E-state index in [1.807, 2.05) is 50.2 Å². The Bertz CT molecular complexity index is 1040. The van der Waals surface area contributed by atoms with Gasteiger partial charge >= 0.3 is 0 Å². The minimum Gasteiger partial charge on any atom is -0.377 e. The number of rotatable bonds is 7. The highest BCUT2D eigenvalue weighted by molar-refractivity contribution is 7.14. The summed E-state index contributed by atoms with van der Waals surface area (Å²) >= 11 is 1.34. The Morgan fingerprint density at radius 1 is 0.893 bits per heavy atom. The number of nitrogens with zero attached hydrogens (tertiary/aromatic N) is 7. The molecular weight excluding hydrogens is 374 g/mol. The van der Waals surface area contributed by atoms with Crippen molar-refractivity contribution in [2.45, 2.75) is 20.5 Å². The molecule has 28 heavy (non-hydrogen) atoms. The van der Waals surface area contributed by atoms with E-state index < -0.39 is 0 Å². The van der Waals surface area contributed by atoms with E-state index >= 15 is 0 Å². The third-order valence-electron chi connectivity index (χ3n) is 3.78. The van der Waals surface area contributed by atoms with Crippen LogP contribution in [0.25, 0.3) is 0 Å². The van der Waals surface area contributed by atoms with Crippen molar-refractivity contribution in [3.8, 4) is 0 Å². The summed E-state index contributed by atoms with van der Waals surface area (Å²) in [5.41, 5.74) is 4.99. The van der Waals surface area contributed by atoms with Gasteiger partial charge in [-0.2, -0.15) is 10.2 Å². The maximum atomic E-state index is 5.02. The lowest BCUT2D eigenvalue weighted by atomic mass is 10.2. The molecule has 0 saturated carbocycles. The lowest BCUT2D eigenvalue weighted by molar-refractivity contribution is 0.184. The zero-order chi connectivity index (χ0) is 19.9. The van der Waals surface area contributed by atoms with E-state index in [1.165, 1.54) is 11.3 Å². The quantitative estimate of drug-likeness (QED) is 0.340. The molecule has 0 fully saturated rings. The first kappa shape index (κ1) is 19.6. The highest BCUT2D eigenvalue weighted by Crippen LogP contribution is 2.29. The zero-order valence-electron chi connectivity index (χ0n) is 15.8. The molecule has 3 rings (SSSR count). The molecule has 8 nitrogen and oxygen atoms in total. The molecule has 1 heterocycles. The molecule has 1 aromatic heterocycles. The fourth-order valence-corrected chi connectivity index (χ4v) is 2.97. The van der Waals surface area contributed by atoms with Crippen LogP contribution >= 0.6 is 11.3 Å². The smallest absolute Gasteiger partial charge is 0.251 e. The average molecular weight is 393 g/mol. The van der Waals surface area contributed by atoms with Gasteiger partial charge in [-0.15, -0.1) is 20.4 Å². The highest BCUT2D eigenvalue weighted by Gasteiger charge is 2.04. The third kappa shape index (κ3) is 4.96. The van der Waals surface area contributed by atoms with Gasteiger partial charge in [-0.25, -0.2) is 0 Å². The average Bonchev–Trinajstić information content (AvgIpc) is 3.14. The van der Waals surface area contributed by atoms with Gasteiger partial charge in [0, 0.05) is 7.11 Å². The number of benzene rings is 2. The molecule has 0 unspecified atom stereocenters. The first-order valence-electron chi connectivity index (χ1n) is 8.42. The second-order valence-corrected chi connectivity index (χ2v) is 6.95. The van der Waals surface area contributed by atoms with Crippen molar-refractivity contribution in [1.29, 1.82) is 0 Å². The Hall–Kier alpha value is -3.17. The molecule has 9 heteroatoms. The number of aliphatic imine (C=N–C) groups is 1. The summed E-state index contributed by atoms with van der Waals surface area (Å²) in [6.45, 7) is 7.84. The number of azo groups is 2. The molecular formula is C19H19N7OS. The van der Waals surface area contributed by atoms with Gasteiger partial charge in [0.25, 0.3) is 5.13 Å². The number of hydrogen-bond acceptors (Lipinski definition) is 9. The summed E-state index contributed by atoms with van der Waals surface area (Å²) < 4.78 is 5.02. The third-order valence-corrected chi connectivity index (χ3v) is 4.56. The standard InChI is InChI=1S/C19H19N7OS/c1-12-9-14(20-3)5-7-16(12)22-21-15-6-8-17(13(2)10-15)23-25-19-26-24-18(28-19)11-27-4/h5-10H,3,11H2,1-2,4H3. The van der Waals surface area contributed by atoms with Crippen LogP contribution in [0.2, 0.25) is 0 Å². The van der Waals surface area contributed by atoms with Crippen LogP contribution in [0.5, 0.6) is 0 Å². The van der Waals surface area contributed by atoms with Crippen molar-refractivity contribution >= 4 is 45.9 Å². The van der Waals surface area contributed by atoms with Crippen molar-refractivity contribution in [1.82, 2.24) is 10.2 Å². The maximum Gasteiger partial charge on any atom is 0.251 e. The van der Waals surface area contributed by atoms with Gasteiger partial charge < -0.3 is 4.74 Å². The van der Waals surface area contributed by atoms with E-state index in [2.05, 4.69) is 42.4 Å². The van der Waals surface area contributed by atoms with Crippen molar-refractivity contribution in [3.63, 3.8) is 0 Å². The summed E-state index contributed by atoms with van der Waals surface area (Å²) in [5.74, 6) is 0. The monoisotopic (exact) mass is 393 g/mol.